The van der Waals surface area contributed by atoms with E-state index in [1.165, 1.54) is 17.2 Å². The van der Waals surface area contributed by atoms with Gasteiger partial charge in [-0.2, -0.15) is 0 Å². The Kier molecular flexibility index (Phi) is 3.34. The summed E-state index contributed by atoms with van der Waals surface area (Å²) in [5.41, 5.74) is 0.900. The van der Waals surface area contributed by atoms with Crippen LogP contribution in [-0.2, 0) is 4.79 Å². The van der Waals surface area contributed by atoms with Crippen LogP contribution in [0.4, 0.5) is 4.79 Å². The molecule has 1 amide bonds. The van der Waals surface area contributed by atoms with Crippen LogP contribution in [0, 0.1) is 0 Å². The van der Waals surface area contributed by atoms with Gasteiger partial charge in [-0.1, -0.05) is 11.6 Å². The van der Waals surface area contributed by atoms with Crippen molar-refractivity contribution in [1.29, 1.82) is 0 Å². The lowest BCUT2D eigenvalue weighted by Crippen LogP contribution is -2.40. The minimum absolute atomic E-state index is 0.0926. The molecule has 0 fully saturated rings. The molecule has 18 heavy (non-hydrogen) atoms. The molecule has 5 nitrogen and oxygen atoms in total. The van der Waals surface area contributed by atoms with Crippen molar-refractivity contribution in [3.8, 4) is 0 Å². The van der Waals surface area contributed by atoms with E-state index in [4.69, 9.17) is 11.6 Å². The molecule has 1 aromatic rings. The summed E-state index contributed by atoms with van der Waals surface area (Å²) in [5, 5.41) is 9.52. The number of amides is 1. The molecule has 1 N–H and O–H groups in total. The summed E-state index contributed by atoms with van der Waals surface area (Å²) in [5.74, 6) is -0.0926. The molecule has 0 radical (unpaired) electrons. The fourth-order valence-electron chi connectivity index (χ4n) is 1.94. The van der Waals surface area contributed by atoms with E-state index in [1.54, 1.807) is 19.1 Å². The summed E-state index contributed by atoms with van der Waals surface area (Å²) < 4.78 is 0. The zero-order valence-corrected chi connectivity index (χ0v) is 10.4. The predicted molar refractivity (Wildman–Crippen MR) is 66.2 cm³/mol. The van der Waals surface area contributed by atoms with Gasteiger partial charge in [0.15, 0.2) is 5.78 Å². The third-order valence-corrected chi connectivity index (χ3v) is 2.95. The Hall–Kier alpha value is -1.88. The van der Waals surface area contributed by atoms with Crippen molar-refractivity contribution < 1.29 is 14.7 Å². The second-order valence-electron chi connectivity index (χ2n) is 4.07. The molecule has 1 atom stereocenters. The number of aromatic nitrogens is 1. The highest BCUT2D eigenvalue weighted by molar-refractivity contribution is 6.29. The zero-order valence-electron chi connectivity index (χ0n) is 9.63. The van der Waals surface area contributed by atoms with Gasteiger partial charge in [-0.25, -0.2) is 9.78 Å². The standard InChI is InChI=1S/C12H11ClN2O3/c1-7-4-9(16)5-10(15(7)12(17)18)8-2-3-11(13)14-6-8/h2-3,5-7H,4H2,1H3,(H,17,18). The molecular formula is C12H11ClN2O3. The van der Waals surface area contributed by atoms with Crippen molar-refractivity contribution in [2.24, 2.45) is 0 Å². The van der Waals surface area contributed by atoms with Crippen molar-refractivity contribution in [2.45, 2.75) is 19.4 Å². The van der Waals surface area contributed by atoms with Gasteiger partial charge in [0.2, 0.25) is 0 Å². The normalized spacial score (nSPS) is 19.7. The second kappa shape index (κ2) is 4.78. The summed E-state index contributed by atoms with van der Waals surface area (Å²) in [6.07, 6.45) is 1.89. The minimum Gasteiger partial charge on any atom is -0.465 e. The molecule has 6 heteroatoms. The highest BCUT2D eigenvalue weighted by Gasteiger charge is 2.30. The van der Waals surface area contributed by atoms with Gasteiger partial charge in [-0.05, 0) is 19.1 Å². The first kappa shape index (κ1) is 12.6. The lowest BCUT2D eigenvalue weighted by molar-refractivity contribution is -0.115. The molecule has 0 aliphatic carbocycles. The van der Waals surface area contributed by atoms with Gasteiger partial charge in [0.05, 0.1) is 5.70 Å². The largest absolute Gasteiger partial charge is 0.465 e. The van der Waals surface area contributed by atoms with Crippen LogP contribution in [-0.4, -0.2) is 32.9 Å². The van der Waals surface area contributed by atoms with Crippen molar-refractivity contribution >= 4 is 29.2 Å². The van der Waals surface area contributed by atoms with E-state index in [9.17, 15) is 14.7 Å². The molecule has 1 aliphatic rings. The number of carboxylic acid groups (broad SMARTS) is 1. The Morgan fingerprint density at radius 1 is 1.56 bits per heavy atom. The maximum atomic E-state index is 11.5. The molecule has 0 saturated heterocycles. The van der Waals surface area contributed by atoms with Crippen LogP contribution in [0.5, 0.6) is 0 Å². The van der Waals surface area contributed by atoms with Gasteiger partial charge in [0.1, 0.15) is 5.15 Å². The molecule has 1 aliphatic heterocycles. The smallest absolute Gasteiger partial charge is 0.412 e. The van der Waals surface area contributed by atoms with Gasteiger partial charge in [-0.15, -0.1) is 0 Å². The minimum atomic E-state index is -1.09. The fourth-order valence-corrected chi connectivity index (χ4v) is 2.05. The molecule has 0 aromatic carbocycles. The molecule has 2 heterocycles. The Morgan fingerprint density at radius 2 is 2.28 bits per heavy atom. The quantitative estimate of drug-likeness (QED) is 0.793. The average molecular weight is 267 g/mol. The van der Waals surface area contributed by atoms with Gasteiger partial charge in [0.25, 0.3) is 0 Å². The van der Waals surface area contributed by atoms with E-state index in [0.29, 0.717) is 16.4 Å². The number of nitrogens with zero attached hydrogens (tertiary/aromatic N) is 2. The van der Waals surface area contributed by atoms with Gasteiger partial charge in [-0.3, -0.25) is 9.69 Å². The molecule has 0 bridgehead atoms. The van der Waals surface area contributed by atoms with E-state index in [1.807, 2.05) is 0 Å². The van der Waals surface area contributed by atoms with Gasteiger partial charge in [0, 0.05) is 30.3 Å². The van der Waals surface area contributed by atoms with Crippen LogP contribution in [0.25, 0.3) is 5.70 Å². The van der Waals surface area contributed by atoms with Crippen LogP contribution in [0.1, 0.15) is 18.9 Å². The Morgan fingerprint density at radius 3 is 2.83 bits per heavy atom. The predicted octanol–water partition coefficient (Wildman–Crippen LogP) is 2.42. The van der Waals surface area contributed by atoms with E-state index in [-0.39, 0.29) is 18.2 Å². The topological polar surface area (TPSA) is 70.5 Å². The molecule has 94 valence electrons. The SMILES string of the molecule is CC1CC(=O)C=C(c2ccc(Cl)nc2)N1C(=O)O. The summed E-state index contributed by atoms with van der Waals surface area (Å²) >= 11 is 5.68. The zero-order chi connectivity index (χ0) is 13.3. The number of hydrogen-bond donors (Lipinski definition) is 1. The van der Waals surface area contributed by atoms with E-state index in [0.717, 1.165) is 0 Å². The third kappa shape index (κ3) is 2.36. The van der Waals surface area contributed by atoms with Crippen molar-refractivity contribution in [3.63, 3.8) is 0 Å². The van der Waals surface area contributed by atoms with E-state index in [2.05, 4.69) is 4.98 Å². The van der Waals surface area contributed by atoms with Gasteiger partial charge >= 0.3 is 6.09 Å². The molecule has 0 spiro atoms. The van der Waals surface area contributed by atoms with E-state index < -0.39 is 6.09 Å². The number of pyridine rings is 1. The fraction of sp³-hybridized carbons (Fsp3) is 0.250. The molecule has 2 rings (SSSR count). The Balaban J connectivity index is 2.47. The Labute approximate surface area is 109 Å². The van der Waals surface area contributed by atoms with Crippen LogP contribution in [0.3, 0.4) is 0 Å². The van der Waals surface area contributed by atoms with Crippen LogP contribution < -0.4 is 0 Å². The van der Waals surface area contributed by atoms with Crippen LogP contribution in [0.2, 0.25) is 5.15 Å². The Bertz CT molecular complexity index is 525. The highest BCUT2D eigenvalue weighted by atomic mass is 35.5. The first-order valence-electron chi connectivity index (χ1n) is 5.37. The lowest BCUT2D eigenvalue weighted by atomic mass is 10.0. The average Bonchev–Trinajstić information content (AvgIpc) is 2.28. The summed E-state index contributed by atoms with van der Waals surface area (Å²) in [7, 11) is 0. The third-order valence-electron chi connectivity index (χ3n) is 2.72. The number of rotatable bonds is 1. The summed E-state index contributed by atoms with van der Waals surface area (Å²) in [4.78, 5) is 27.9. The van der Waals surface area contributed by atoms with Crippen molar-refractivity contribution in [1.82, 2.24) is 9.88 Å². The highest BCUT2D eigenvalue weighted by Crippen LogP contribution is 2.27. The molecular weight excluding hydrogens is 256 g/mol. The number of halogens is 1. The van der Waals surface area contributed by atoms with Crippen LogP contribution in [0.15, 0.2) is 24.4 Å². The maximum absolute atomic E-state index is 11.5. The number of allylic oxidation sites excluding steroid dienone is 1. The lowest BCUT2D eigenvalue weighted by Gasteiger charge is -2.31. The van der Waals surface area contributed by atoms with Crippen LogP contribution >= 0.6 is 11.6 Å². The maximum Gasteiger partial charge on any atom is 0.412 e. The van der Waals surface area contributed by atoms with Crippen molar-refractivity contribution in [3.05, 3.63) is 35.1 Å². The van der Waals surface area contributed by atoms with Gasteiger partial charge < -0.3 is 5.11 Å². The van der Waals surface area contributed by atoms with Crippen molar-refractivity contribution in [2.75, 3.05) is 0 Å². The molecule has 0 saturated carbocycles. The number of carbonyl (C=O) groups excluding carboxylic acids is 1. The number of carbonyl (C=O) groups is 2. The molecule has 1 unspecified atom stereocenters. The summed E-state index contributed by atoms with van der Waals surface area (Å²) in [6, 6.07) is 2.81. The first-order valence-corrected chi connectivity index (χ1v) is 5.75. The monoisotopic (exact) mass is 266 g/mol. The second-order valence-corrected chi connectivity index (χ2v) is 4.46. The summed E-state index contributed by atoms with van der Waals surface area (Å²) in [6.45, 7) is 1.70. The van der Waals surface area contributed by atoms with E-state index >= 15 is 0 Å². The first-order chi connectivity index (χ1) is 8.49. The number of ketones is 1. The molecule has 1 aromatic heterocycles. The number of hydrogen-bond acceptors (Lipinski definition) is 3.